The molecule has 176 valence electrons. The first-order valence-electron chi connectivity index (χ1n) is 10.8. The van der Waals surface area contributed by atoms with Gasteiger partial charge in [0.05, 0.1) is 25.5 Å². The Hall–Kier alpha value is -3.43. The smallest absolute Gasteiger partial charge is 0.250 e. The quantitative estimate of drug-likeness (QED) is 0.553. The van der Waals surface area contributed by atoms with E-state index in [4.69, 9.17) is 22.1 Å². The van der Waals surface area contributed by atoms with Crippen LogP contribution in [0.15, 0.2) is 36.4 Å². The van der Waals surface area contributed by atoms with Crippen molar-refractivity contribution in [1.82, 2.24) is 10.2 Å². The molecule has 3 heterocycles. The van der Waals surface area contributed by atoms with Gasteiger partial charge in [0.15, 0.2) is 0 Å². The van der Waals surface area contributed by atoms with Crippen molar-refractivity contribution >= 4 is 40.9 Å². The van der Waals surface area contributed by atoms with Gasteiger partial charge in [-0.1, -0.05) is 23.7 Å². The number of imide groups is 1. The van der Waals surface area contributed by atoms with Crippen molar-refractivity contribution in [2.45, 2.75) is 31.5 Å². The zero-order valence-corrected chi connectivity index (χ0v) is 19.3. The summed E-state index contributed by atoms with van der Waals surface area (Å²) in [6.07, 6.45) is -0.194. The number of methoxy groups -OCH3 is 1. The average molecular weight is 483 g/mol. The van der Waals surface area contributed by atoms with Gasteiger partial charge in [-0.25, -0.2) is 0 Å². The van der Waals surface area contributed by atoms with E-state index in [1.165, 1.54) is 0 Å². The highest BCUT2D eigenvalue weighted by molar-refractivity contribution is 6.31. The zero-order valence-electron chi connectivity index (χ0n) is 18.6. The molecule has 0 radical (unpaired) electrons. The molecular formula is C24H23ClN4O5. The van der Waals surface area contributed by atoms with Crippen LogP contribution in [0.2, 0.25) is 5.02 Å². The number of carbonyl (C=O) groups excluding carboxylic acids is 4. The molecule has 2 aromatic rings. The third kappa shape index (κ3) is 3.11. The van der Waals surface area contributed by atoms with E-state index in [1.807, 2.05) is 0 Å². The summed E-state index contributed by atoms with van der Waals surface area (Å²) in [5, 5.41) is 6.42. The summed E-state index contributed by atoms with van der Waals surface area (Å²) in [5.74, 6) is -3.33. The minimum Gasteiger partial charge on any atom is -0.497 e. The Bertz CT molecular complexity index is 1250. The van der Waals surface area contributed by atoms with Crippen LogP contribution in [0.4, 0.5) is 5.69 Å². The van der Waals surface area contributed by atoms with E-state index >= 15 is 0 Å². The number of benzene rings is 2. The van der Waals surface area contributed by atoms with Gasteiger partial charge in [0, 0.05) is 28.7 Å². The molecular weight excluding hydrogens is 460 g/mol. The predicted molar refractivity (Wildman–Crippen MR) is 123 cm³/mol. The maximum Gasteiger partial charge on any atom is 0.250 e. The normalized spacial score (nSPS) is 27.2. The summed E-state index contributed by atoms with van der Waals surface area (Å²) in [4.78, 5) is 53.8. The van der Waals surface area contributed by atoms with Crippen LogP contribution < -0.4 is 21.1 Å². The number of nitrogens with two attached hydrogens (primary N) is 1. The lowest BCUT2D eigenvalue weighted by Gasteiger charge is -2.29. The van der Waals surface area contributed by atoms with Gasteiger partial charge in [-0.15, -0.1) is 0 Å². The Labute approximate surface area is 200 Å². The number of amides is 4. The SMILES string of the molecule is COc1ccc(CN2C(=O)[C@@H]3[C@@H](CC(N)=O)N[C@@]4(C(=O)Nc5c(C)cc(Cl)cc54)[C@H]3C2=O)cc1. The molecule has 0 unspecified atom stereocenters. The van der Waals surface area contributed by atoms with E-state index in [0.717, 1.165) is 16.0 Å². The van der Waals surface area contributed by atoms with Gasteiger partial charge >= 0.3 is 0 Å². The first kappa shape index (κ1) is 22.4. The fourth-order valence-electron chi connectivity index (χ4n) is 5.55. The highest BCUT2D eigenvalue weighted by Gasteiger charge is 2.70. The second-order valence-corrected chi connectivity index (χ2v) is 9.38. The molecule has 0 saturated carbocycles. The van der Waals surface area contributed by atoms with Gasteiger partial charge in [0.2, 0.25) is 23.6 Å². The number of hydrogen-bond donors (Lipinski definition) is 3. The number of likely N-dealkylation sites (tertiary alicyclic amines) is 1. The monoisotopic (exact) mass is 482 g/mol. The second kappa shape index (κ2) is 7.82. The highest BCUT2D eigenvalue weighted by Crippen LogP contribution is 2.54. The molecule has 4 atom stereocenters. The molecule has 0 bridgehead atoms. The van der Waals surface area contributed by atoms with Crippen molar-refractivity contribution in [2.75, 3.05) is 12.4 Å². The van der Waals surface area contributed by atoms with Gasteiger partial charge in [0.25, 0.3) is 0 Å². The maximum absolute atomic E-state index is 13.8. The fraction of sp³-hybridized carbons (Fsp3) is 0.333. The van der Waals surface area contributed by atoms with Crippen molar-refractivity contribution in [1.29, 1.82) is 0 Å². The van der Waals surface area contributed by atoms with Crippen LogP contribution in [0.1, 0.15) is 23.1 Å². The molecule has 34 heavy (non-hydrogen) atoms. The Morgan fingerprint density at radius 1 is 1.18 bits per heavy atom. The van der Waals surface area contributed by atoms with Crippen LogP contribution in [-0.2, 0) is 31.3 Å². The number of aryl methyl sites for hydroxylation is 1. The number of fused-ring (bicyclic) bond motifs is 4. The number of anilines is 1. The van der Waals surface area contributed by atoms with Crippen molar-refractivity contribution in [2.24, 2.45) is 17.6 Å². The molecule has 3 aliphatic heterocycles. The third-order valence-corrected chi connectivity index (χ3v) is 7.22. The van der Waals surface area contributed by atoms with Crippen LogP contribution >= 0.6 is 11.6 Å². The molecule has 4 amide bonds. The van der Waals surface area contributed by atoms with Crippen molar-refractivity contribution < 1.29 is 23.9 Å². The zero-order chi connectivity index (χ0) is 24.4. The summed E-state index contributed by atoms with van der Waals surface area (Å²) in [6, 6.07) is 9.58. The number of hydrogen-bond acceptors (Lipinski definition) is 6. The van der Waals surface area contributed by atoms with Crippen molar-refractivity contribution in [3.8, 4) is 5.75 Å². The molecule has 1 spiro atoms. The number of rotatable bonds is 5. The summed E-state index contributed by atoms with van der Waals surface area (Å²) in [7, 11) is 1.55. The molecule has 0 aliphatic carbocycles. The average Bonchev–Trinajstić information content (AvgIpc) is 3.35. The van der Waals surface area contributed by atoms with E-state index in [0.29, 0.717) is 22.0 Å². The minimum absolute atomic E-state index is 0.0388. The second-order valence-electron chi connectivity index (χ2n) is 8.94. The number of nitrogens with one attached hydrogen (secondary N) is 2. The first-order chi connectivity index (χ1) is 16.2. The molecule has 2 fully saturated rings. The molecule has 5 rings (SSSR count). The number of carbonyl (C=O) groups is 4. The van der Waals surface area contributed by atoms with Gasteiger partial charge in [-0.3, -0.25) is 29.4 Å². The van der Waals surface area contributed by atoms with E-state index in [1.54, 1.807) is 50.4 Å². The fourth-order valence-corrected chi connectivity index (χ4v) is 5.83. The molecule has 2 saturated heterocycles. The summed E-state index contributed by atoms with van der Waals surface area (Å²) >= 11 is 6.31. The largest absolute Gasteiger partial charge is 0.497 e. The third-order valence-electron chi connectivity index (χ3n) is 7.00. The Morgan fingerprint density at radius 2 is 1.88 bits per heavy atom. The Morgan fingerprint density at radius 3 is 2.53 bits per heavy atom. The highest BCUT2D eigenvalue weighted by atomic mass is 35.5. The lowest BCUT2D eigenvalue weighted by atomic mass is 9.76. The van der Waals surface area contributed by atoms with Crippen LogP contribution in [0.25, 0.3) is 0 Å². The standard InChI is InChI=1S/C24H23ClN4O5/c1-11-7-13(25)8-15-20(11)27-23(33)24(15)19-18(16(28-24)9-17(26)30)21(31)29(22(19)32)10-12-3-5-14(34-2)6-4-12/h3-8,16,18-19,28H,9-10H2,1-2H3,(H2,26,30)(H,27,33)/t16-,18-,19-,24-/m1/s1. The van der Waals surface area contributed by atoms with Gasteiger partial charge in [0.1, 0.15) is 11.3 Å². The lowest BCUT2D eigenvalue weighted by molar-refractivity contribution is -0.143. The minimum atomic E-state index is -1.53. The number of nitrogens with zero attached hydrogens (tertiary/aromatic N) is 1. The summed E-state index contributed by atoms with van der Waals surface area (Å²) in [5.41, 5.74) is 6.44. The summed E-state index contributed by atoms with van der Waals surface area (Å²) < 4.78 is 5.17. The van der Waals surface area contributed by atoms with Crippen molar-refractivity contribution in [3.63, 3.8) is 0 Å². The maximum atomic E-state index is 13.8. The Balaban J connectivity index is 1.59. The van der Waals surface area contributed by atoms with Crippen LogP contribution in [0.3, 0.4) is 0 Å². The van der Waals surface area contributed by atoms with E-state index < -0.39 is 47.0 Å². The number of halogens is 1. The van der Waals surface area contributed by atoms with E-state index in [-0.39, 0.29) is 13.0 Å². The van der Waals surface area contributed by atoms with Gasteiger partial charge in [-0.05, 0) is 42.3 Å². The summed E-state index contributed by atoms with van der Waals surface area (Å²) in [6.45, 7) is 1.84. The molecule has 0 aromatic heterocycles. The van der Waals surface area contributed by atoms with Crippen LogP contribution in [-0.4, -0.2) is 41.7 Å². The number of primary amides is 1. The number of ether oxygens (including phenoxy) is 1. The van der Waals surface area contributed by atoms with E-state index in [9.17, 15) is 19.2 Å². The molecule has 2 aromatic carbocycles. The predicted octanol–water partition coefficient (Wildman–Crippen LogP) is 1.45. The topological polar surface area (TPSA) is 131 Å². The van der Waals surface area contributed by atoms with Crippen LogP contribution in [0.5, 0.6) is 5.75 Å². The molecule has 9 nitrogen and oxygen atoms in total. The van der Waals surface area contributed by atoms with Gasteiger partial charge in [-0.2, -0.15) is 0 Å². The Kier molecular flexibility index (Phi) is 5.14. The molecule has 10 heteroatoms. The van der Waals surface area contributed by atoms with Gasteiger partial charge < -0.3 is 15.8 Å². The lowest BCUT2D eigenvalue weighted by Crippen LogP contribution is -2.53. The first-order valence-corrected chi connectivity index (χ1v) is 11.2. The van der Waals surface area contributed by atoms with Crippen LogP contribution in [0, 0.1) is 18.8 Å². The van der Waals surface area contributed by atoms with E-state index in [2.05, 4.69) is 10.6 Å². The molecule has 3 aliphatic rings. The molecule has 4 N–H and O–H groups in total. The van der Waals surface area contributed by atoms with Crippen molar-refractivity contribution in [3.05, 3.63) is 58.1 Å².